The van der Waals surface area contributed by atoms with Crippen LogP contribution in [0, 0.1) is 17.2 Å². The Morgan fingerprint density at radius 2 is 1.91 bits per heavy atom. The van der Waals surface area contributed by atoms with E-state index >= 15 is 0 Å². The van der Waals surface area contributed by atoms with E-state index in [-0.39, 0.29) is 40.5 Å². The normalized spacial score (nSPS) is 25.7. The fourth-order valence-electron chi connectivity index (χ4n) is 3.50. The van der Waals surface area contributed by atoms with Gasteiger partial charge in [0.25, 0.3) is 0 Å². The lowest BCUT2D eigenvalue weighted by Gasteiger charge is -2.22. The Bertz CT molecular complexity index is 685. The smallest absolute Gasteiger partial charge is 0.223 e. The van der Waals surface area contributed by atoms with Crippen molar-refractivity contribution in [1.82, 2.24) is 5.32 Å². The molecule has 0 radical (unpaired) electrons. The molecule has 1 amide bonds. The number of sulfone groups is 1. The summed E-state index contributed by atoms with van der Waals surface area (Å²) in [5, 5.41) is 2.97. The maximum atomic E-state index is 12.9. The van der Waals surface area contributed by atoms with Gasteiger partial charge in [-0.25, -0.2) is 12.8 Å². The van der Waals surface area contributed by atoms with Gasteiger partial charge < -0.3 is 5.32 Å². The number of halogens is 1. The molecule has 0 unspecified atom stereocenters. The predicted octanol–water partition coefficient (Wildman–Crippen LogP) is 2.26. The zero-order chi connectivity index (χ0) is 16.7. The molecule has 2 aliphatic rings. The SMILES string of the molecule is C[C@@H](CNC(=O)[C@H]1CC12CCS(=O)(=O)CC2)c1ccc(F)cc1. The molecular formula is C17H22FNO3S. The third kappa shape index (κ3) is 3.57. The molecule has 1 spiro atoms. The van der Waals surface area contributed by atoms with Crippen LogP contribution in [-0.4, -0.2) is 32.4 Å². The molecule has 1 heterocycles. The highest BCUT2D eigenvalue weighted by Crippen LogP contribution is 2.59. The Balaban J connectivity index is 1.50. The van der Waals surface area contributed by atoms with Crippen molar-refractivity contribution in [1.29, 1.82) is 0 Å². The van der Waals surface area contributed by atoms with Gasteiger partial charge in [0.1, 0.15) is 15.7 Å². The van der Waals surface area contributed by atoms with Crippen molar-refractivity contribution >= 4 is 15.7 Å². The number of nitrogens with one attached hydrogen (secondary N) is 1. The lowest BCUT2D eigenvalue weighted by atomic mass is 9.95. The van der Waals surface area contributed by atoms with Gasteiger partial charge in [-0.2, -0.15) is 0 Å². The summed E-state index contributed by atoms with van der Waals surface area (Å²) in [7, 11) is -2.89. The van der Waals surface area contributed by atoms with Gasteiger partial charge in [0.15, 0.2) is 0 Å². The van der Waals surface area contributed by atoms with Gasteiger partial charge in [-0.3, -0.25) is 4.79 Å². The summed E-state index contributed by atoms with van der Waals surface area (Å²) in [6.07, 6.45) is 2.03. The summed E-state index contributed by atoms with van der Waals surface area (Å²) >= 11 is 0. The van der Waals surface area contributed by atoms with E-state index in [1.54, 1.807) is 12.1 Å². The summed E-state index contributed by atoms with van der Waals surface area (Å²) in [6, 6.07) is 6.31. The molecule has 1 saturated heterocycles. The number of hydrogen-bond donors (Lipinski definition) is 1. The van der Waals surface area contributed by atoms with E-state index < -0.39 is 9.84 Å². The first-order chi connectivity index (χ1) is 10.8. The zero-order valence-electron chi connectivity index (χ0n) is 13.2. The van der Waals surface area contributed by atoms with Crippen LogP contribution in [0.5, 0.6) is 0 Å². The highest BCUT2D eigenvalue weighted by molar-refractivity contribution is 7.91. The fraction of sp³-hybridized carbons (Fsp3) is 0.588. The van der Waals surface area contributed by atoms with E-state index in [0.717, 1.165) is 12.0 Å². The number of carbonyl (C=O) groups is 1. The van der Waals surface area contributed by atoms with E-state index in [1.165, 1.54) is 12.1 Å². The molecule has 126 valence electrons. The maximum Gasteiger partial charge on any atom is 0.223 e. The van der Waals surface area contributed by atoms with Crippen LogP contribution < -0.4 is 5.32 Å². The molecule has 1 aliphatic heterocycles. The molecule has 23 heavy (non-hydrogen) atoms. The second-order valence-corrected chi connectivity index (χ2v) is 9.27. The van der Waals surface area contributed by atoms with Gasteiger partial charge in [-0.1, -0.05) is 19.1 Å². The standard InChI is InChI=1S/C17H22FNO3S/c1-12(13-2-4-14(18)5-3-13)11-19-16(20)15-10-17(15)6-8-23(21,22)9-7-17/h2-5,12,15H,6-11H2,1H3,(H,19,20)/t12-,15+/m0/s1. The predicted molar refractivity (Wildman–Crippen MR) is 86.3 cm³/mol. The molecule has 1 aromatic rings. The molecule has 1 aromatic carbocycles. The maximum absolute atomic E-state index is 12.9. The first-order valence-corrected chi connectivity index (χ1v) is 9.87. The van der Waals surface area contributed by atoms with E-state index in [2.05, 4.69) is 5.32 Å². The van der Waals surface area contributed by atoms with Crippen LogP contribution in [0.2, 0.25) is 0 Å². The molecule has 1 saturated carbocycles. The van der Waals surface area contributed by atoms with Crippen molar-refractivity contribution in [2.45, 2.75) is 32.1 Å². The van der Waals surface area contributed by atoms with Crippen LogP contribution in [0.1, 0.15) is 37.7 Å². The lowest BCUT2D eigenvalue weighted by Crippen LogP contribution is -2.33. The Labute approximate surface area is 136 Å². The Hall–Kier alpha value is -1.43. The Morgan fingerprint density at radius 1 is 1.30 bits per heavy atom. The Morgan fingerprint density at radius 3 is 2.52 bits per heavy atom. The van der Waals surface area contributed by atoms with Crippen molar-refractivity contribution in [3.8, 4) is 0 Å². The number of amides is 1. The van der Waals surface area contributed by atoms with Crippen molar-refractivity contribution in [2.24, 2.45) is 11.3 Å². The van der Waals surface area contributed by atoms with Crippen molar-refractivity contribution in [3.63, 3.8) is 0 Å². The molecule has 2 fully saturated rings. The minimum absolute atomic E-state index is 0.0262. The summed E-state index contributed by atoms with van der Waals surface area (Å²) in [4.78, 5) is 12.3. The minimum Gasteiger partial charge on any atom is -0.355 e. The molecular weight excluding hydrogens is 317 g/mol. The molecule has 0 aromatic heterocycles. The average Bonchev–Trinajstić information content (AvgIpc) is 3.23. The number of benzene rings is 1. The van der Waals surface area contributed by atoms with Gasteiger partial charge >= 0.3 is 0 Å². The molecule has 1 aliphatic carbocycles. The third-order valence-corrected chi connectivity index (χ3v) is 7.00. The first-order valence-electron chi connectivity index (χ1n) is 8.05. The van der Waals surface area contributed by atoms with E-state index in [0.29, 0.717) is 19.4 Å². The minimum atomic E-state index is -2.89. The molecule has 1 N–H and O–H groups in total. The highest BCUT2D eigenvalue weighted by atomic mass is 32.2. The van der Waals surface area contributed by atoms with Gasteiger partial charge in [0, 0.05) is 12.5 Å². The summed E-state index contributed by atoms with van der Waals surface area (Å²) in [5.74, 6) is 0.251. The monoisotopic (exact) mass is 339 g/mol. The summed E-state index contributed by atoms with van der Waals surface area (Å²) in [5.41, 5.74) is 0.912. The second kappa shape index (κ2) is 5.89. The van der Waals surface area contributed by atoms with Gasteiger partial charge in [-0.05, 0) is 48.3 Å². The topological polar surface area (TPSA) is 63.2 Å². The number of hydrogen-bond acceptors (Lipinski definition) is 3. The van der Waals surface area contributed by atoms with Crippen molar-refractivity contribution in [2.75, 3.05) is 18.1 Å². The summed E-state index contributed by atoms with van der Waals surface area (Å²) in [6.45, 7) is 2.50. The van der Waals surface area contributed by atoms with Crippen LogP contribution in [0.25, 0.3) is 0 Å². The van der Waals surface area contributed by atoms with Crippen molar-refractivity contribution < 1.29 is 17.6 Å². The van der Waals surface area contributed by atoms with E-state index in [1.807, 2.05) is 6.92 Å². The van der Waals surface area contributed by atoms with Crippen LogP contribution >= 0.6 is 0 Å². The molecule has 0 bridgehead atoms. The Kier molecular flexibility index (Phi) is 4.21. The van der Waals surface area contributed by atoms with Gasteiger partial charge in [0.05, 0.1) is 11.5 Å². The molecule has 6 heteroatoms. The molecule has 2 atom stereocenters. The number of rotatable bonds is 4. The molecule has 4 nitrogen and oxygen atoms in total. The van der Waals surface area contributed by atoms with Crippen LogP contribution in [0.4, 0.5) is 4.39 Å². The number of carbonyl (C=O) groups excluding carboxylic acids is 1. The van der Waals surface area contributed by atoms with E-state index in [9.17, 15) is 17.6 Å². The van der Waals surface area contributed by atoms with Crippen LogP contribution in [0.15, 0.2) is 24.3 Å². The van der Waals surface area contributed by atoms with Gasteiger partial charge in [-0.15, -0.1) is 0 Å². The third-order valence-electron chi connectivity index (χ3n) is 5.35. The quantitative estimate of drug-likeness (QED) is 0.915. The molecule has 3 rings (SSSR count). The summed E-state index contributed by atoms with van der Waals surface area (Å²) < 4.78 is 35.9. The fourth-order valence-corrected chi connectivity index (χ4v) is 5.14. The highest BCUT2D eigenvalue weighted by Gasteiger charge is 2.59. The van der Waals surface area contributed by atoms with Crippen LogP contribution in [-0.2, 0) is 14.6 Å². The first kappa shape index (κ1) is 16.4. The van der Waals surface area contributed by atoms with Gasteiger partial charge in [0.2, 0.25) is 5.91 Å². The van der Waals surface area contributed by atoms with E-state index in [4.69, 9.17) is 0 Å². The zero-order valence-corrected chi connectivity index (χ0v) is 14.0. The lowest BCUT2D eigenvalue weighted by molar-refractivity contribution is -0.123. The van der Waals surface area contributed by atoms with Crippen LogP contribution in [0.3, 0.4) is 0 Å². The largest absolute Gasteiger partial charge is 0.355 e. The second-order valence-electron chi connectivity index (χ2n) is 6.97. The average molecular weight is 339 g/mol. The van der Waals surface area contributed by atoms with Crippen molar-refractivity contribution in [3.05, 3.63) is 35.6 Å².